The standard InChI is InChI=1S/C14H17BrFN3O2.ClH/c1-18(9-13(20)19-4-2-17-3-5-19)14(21)10-6-11(15)8-12(16)7-10;/h6-8,17H,2-5,9H2,1H3;1H. The van der Waals surface area contributed by atoms with E-state index in [1.807, 2.05) is 0 Å². The molecule has 1 heterocycles. The summed E-state index contributed by atoms with van der Waals surface area (Å²) in [6.45, 7) is 2.81. The fourth-order valence-corrected chi connectivity index (χ4v) is 2.65. The minimum atomic E-state index is -0.491. The van der Waals surface area contributed by atoms with E-state index < -0.39 is 5.82 Å². The number of likely N-dealkylation sites (N-methyl/N-ethyl adjacent to an activating group) is 1. The van der Waals surface area contributed by atoms with Gasteiger partial charge in [0.2, 0.25) is 5.91 Å². The van der Waals surface area contributed by atoms with Gasteiger partial charge in [-0.1, -0.05) is 15.9 Å². The third-order valence-corrected chi connectivity index (χ3v) is 3.76. The topological polar surface area (TPSA) is 52.7 Å². The van der Waals surface area contributed by atoms with Gasteiger partial charge in [-0.2, -0.15) is 0 Å². The van der Waals surface area contributed by atoms with Crippen LogP contribution in [0.3, 0.4) is 0 Å². The summed E-state index contributed by atoms with van der Waals surface area (Å²) in [4.78, 5) is 27.4. The summed E-state index contributed by atoms with van der Waals surface area (Å²) in [5.74, 6) is -0.962. The number of nitrogens with one attached hydrogen (secondary N) is 1. The first kappa shape index (κ1) is 18.9. The molecule has 2 rings (SSSR count). The Morgan fingerprint density at radius 1 is 1.32 bits per heavy atom. The van der Waals surface area contributed by atoms with E-state index in [1.54, 1.807) is 11.9 Å². The number of piperazine rings is 1. The SMILES string of the molecule is CN(CC(=O)N1CCNCC1)C(=O)c1cc(F)cc(Br)c1.Cl. The van der Waals surface area contributed by atoms with Crippen LogP contribution in [0.25, 0.3) is 0 Å². The van der Waals surface area contributed by atoms with Gasteiger partial charge < -0.3 is 15.1 Å². The van der Waals surface area contributed by atoms with Crippen molar-refractivity contribution in [1.82, 2.24) is 15.1 Å². The molecule has 8 heteroatoms. The summed E-state index contributed by atoms with van der Waals surface area (Å²) in [6, 6.07) is 3.98. The molecule has 0 spiro atoms. The minimum Gasteiger partial charge on any atom is -0.339 e. The number of hydrogen-bond donors (Lipinski definition) is 1. The molecule has 2 amide bonds. The molecule has 1 aromatic carbocycles. The van der Waals surface area contributed by atoms with Crippen LogP contribution in [0, 0.1) is 5.82 Å². The number of rotatable bonds is 3. The molecule has 0 atom stereocenters. The Hall–Kier alpha value is -1.18. The largest absolute Gasteiger partial charge is 0.339 e. The average molecular weight is 395 g/mol. The Labute approximate surface area is 143 Å². The van der Waals surface area contributed by atoms with Crippen molar-refractivity contribution in [3.8, 4) is 0 Å². The Morgan fingerprint density at radius 2 is 1.95 bits per heavy atom. The third kappa shape index (κ3) is 4.93. The van der Waals surface area contributed by atoms with Crippen LogP contribution in [-0.4, -0.2) is 61.4 Å². The predicted octanol–water partition coefficient (Wildman–Crippen LogP) is 1.51. The van der Waals surface area contributed by atoms with Crippen molar-refractivity contribution in [2.45, 2.75) is 0 Å². The quantitative estimate of drug-likeness (QED) is 0.846. The van der Waals surface area contributed by atoms with Crippen molar-refractivity contribution < 1.29 is 14.0 Å². The summed E-state index contributed by atoms with van der Waals surface area (Å²) in [5, 5.41) is 3.16. The lowest BCUT2D eigenvalue weighted by atomic mass is 10.2. The van der Waals surface area contributed by atoms with Gasteiger partial charge in [-0.25, -0.2) is 4.39 Å². The van der Waals surface area contributed by atoms with E-state index in [9.17, 15) is 14.0 Å². The second-order valence-electron chi connectivity index (χ2n) is 4.95. The monoisotopic (exact) mass is 393 g/mol. The molecule has 1 aliphatic heterocycles. The summed E-state index contributed by atoms with van der Waals surface area (Å²) in [5.41, 5.74) is 0.220. The van der Waals surface area contributed by atoms with Crippen molar-refractivity contribution in [3.63, 3.8) is 0 Å². The molecule has 0 bridgehead atoms. The van der Waals surface area contributed by atoms with Gasteiger partial charge in [0, 0.05) is 43.3 Å². The molecule has 22 heavy (non-hydrogen) atoms. The van der Waals surface area contributed by atoms with Crippen LogP contribution in [-0.2, 0) is 4.79 Å². The van der Waals surface area contributed by atoms with E-state index in [1.165, 1.54) is 23.1 Å². The molecule has 0 saturated carbocycles. The van der Waals surface area contributed by atoms with Crippen LogP contribution in [0.4, 0.5) is 4.39 Å². The highest BCUT2D eigenvalue weighted by Crippen LogP contribution is 2.16. The van der Waals surface area contributed by atoms with Crippen molar-refractivity contribution in [2.75, 3.05) is 39.8 Å². The maximum absolute atomic E-state index is 13.3. The lowest BCUT2D eigenvalue weighted by molar-refractivity contribution is -0.132. The van der Waals surface area contributed by atoms with Crippen LogP contribution >= 0.6 is 28.3 Å². The maximum Gasteiger partial charge on any atom is 0.254 e. The van der Waals surface area contributed by atoms with Crippen molar-refractivity contribution >= 4 is 40.2 Å². The molecular formula is C14H18BrClFN3O2. The number of halogens is 3. The van der Waals surface area contributed by atoms with Gasteiger partial charge in [-0.3, -0.25) is 9.59 Å². The zero-order chi connectivity index (χ0) is 15.4. The highest BCUT2D eigenvalue weighted by molar-refractivity contribution is 9.10. The smallest absolute Gasteiger partial charge is 0.254 e. The molecule has 0 aromatic heterocycles. The average Bonchev–Trinajstić information content (AvgIpc) is 2.46. The molecule has 1 fully saturated rings. The highest BCUT2D eigenvalue weighted by Gasteiger charge is 2.21. The molecule has 0 unspecified atom stereocenters. The predicted molar refractivity (Wildman–Crippen MR) is 87.8 cm³/mol. The number of amides is 2. The number of carbonyl (C=O) groups is 2. The molecule has 1 aromatic rings. The molecule has 1 N–H and O–H groups in total. The molecule has 0 aliphatic carbocycles. The van der Waals surface area contributed by atoms with Crippen LogP contribution < -0.4 is 5.32 Å². The van der Waals surface area contributed by atoms with Crippen molar-refractivity contribution in [1.29, 1.82) is 0 Å². The molecule has 0 radical (unpaired) electrons. The van der Waals surface area contributed by atoms with Gasteiger partial charge in [0.25, 0.3) is 5.91 Å². The Kier molecular flexibility index (Phi) is 7.25. The number of benzene rings is 1. The molecule has 5 nitrogen and oxygen atoms in total. The van der Waals surface area contributed by atoms with Crippen molar-refractivity contribution in [2.24, 2.45) is 0 Å². The first-order valence-electron chi connectivity index (χ1n) is 6.67. The Balaban J connectivity index is 0.00000242. The number of nitrogens with zero attached hydrogens (tertiary/aromatic N) is 2. The molecule has 1 saturated heterocycles. The van der Waals surface area contributed by atoms with Crippen molar-refractivity contribution in [3.05, 3.63) is 34.1 Å². The fraction of sp³-hybridized carbons (Fsp3) is 0.429. The summed E-state index contributed by atoms with van der Waals surface area (Å²) in [7, 11) is 1.54. The highest BCUT2D eigenvalue weighted by atomic mass is 79.9. The Bertz CT molecular complexity index is 533. The van der Waals surface area contributed by atoms with E-state index in [0.29, 0.717) is 17.6 Å². The molecule has 1 aliphatic rings. The normalized spacial score (nSPS) is 14.2. The lowest BCUT2D eigenvalue weighted by Gasteiger charge is -2.29. The van der Waals surface area contributed by atoms with E-state index >= 15 is 0 Å². The first-order valence-corrected chi connectivity index (χ1v) is 7.47. The summed E-state index contributed by atoms with van der Waals surface area (Å²) >= 11 is 3.15. The fourth-order valence-electron chi connectivity index (χ4n) is 2.19. The van der Waals surface area contributed by atoms with Crippen LogP contribution in [0.5, 0.6) is 0 Å². The Morgan fingerprint density at radius 3 is 2.55 bits per heavy atom. The van der Waals surface area contributed by atoms with Gasteiger partial charge in [0.1, 0.15) is 5.82 Å². The van der Waals surface area contributed by atoms with E-state index in [0.717, 1.165) is 13.1 Å². The number of hydrogen-bond acceptors (Lipinski definition) is 3. The molecular weight excluding hydrogens is 377 g/mol. The lowest BCUT2D eigenvalue weighted by Crippen LogP contribution is -2.49. The van der Waals surface area contributed by atoms with Gasteiger partial charge in [-0.15, -0.1) is 12.4 Å². The zero-order valence-corrected chi connectivity index (χ0v) is 14.5. The van der Waals surface area contributed by atoms with Gasteiger partial charge in [-0.05, 0) is 18.2 Å². The van der Waals surface area contributed by atoms with E-state index in [4.69, 9.17) is 0 Å². The summed E-state index contributed by atoms with van der Waals surface area (Å²) < 4.78 is 13.8. The van der Waals surface area contributed by atoms with Gasteiger partial charge in [0.05, 0.1) is 6.54 Å². The second-order valence-corrected chi connectivity index (χ2v) is 5.87. The first-order chi connectivity index (χ1) is 9.97. The third-order valence-electron chi connectivity index (χ3n) is 3.30. The van der Waals surface area contributed by atoms with Crippen LogP contribution in [0.15, 0.2) is 22.7 Å². The second kappa shape index (κ2) is 8.45. The maximum atomic E-state index is 13.3. The van der Waals surface area contributed by atoms with E-state index in [-0.39, 0.29) is 36.3 Å². The van der Waals surface area contributed by atoms with Crippen LogP contribution in [0.2, 0.25) is 0 Å². The van der Waals surface area contributed by atoms with Gasteiger partial charge in [0.15, 0.2) is 0 Å². The minimum absolute atomic E-state index is 0. The van der Waals surface area contributed by atoms with Gasteiger partial charge >= 0.3 is 0 Å². The summed E-state index contributed by atoms with van der Waals surface area (Å²) in [6.07, 6.45) is 0. The number of carbonyl (C=O) groups excluding carboxylic acids is 2. The van der Waals surface area contributed by atoms with Crippen LogP contribution in [0.1, 0.15) is 10.4 Å². The van der Waals surface area contributed by atoms with E-state index in [2.05, 4.69) is 21.2 Å². The molecule has 122 valence electrons. The zero-order valence-electron chi connectivity index (χ0n) is 12.1.